The van der Waals surface area contributed by atoms with Crippen molar-refractivity contribution in [3.05, 3.63) is 58.9 Å². The number of ether oxygens (including phenoxy) is 1. The lowest BCUT2D eigenvalue weighted by molar-refractivity contribution is -0.138. The predicted molar refractivity (Wildman–Crippen MR) is 110 cm³/mol. The first-order valence-corrected chi connectivity index (χ1v) is 10.1. The molecule has 0 saturated heterocycles. The number of carbonyl (C=O) groups is 1. The van der Waals surface area contributed by atoms with E-state index in [-0.39, 0.29) is 18.4 Å². The van der Waals surface area contributed by atoms with Gasteiger partial charge >= 0.3 is 6.18 Å². The summed E-state index contributed by atoms with van der Waals surface area (Å²) in [5, 5.41) is 7.81. The first kappa shape index (κ1) is 24.1. The molecule has 0 aliphatic carbocycles. The molecule has 11 heteroatoms. The molecule has 1 atom stereocenters. The van der Waals surface area contributed by atoms with Crippen molar-refractivity contribution in [2.75, 3.05) is 13.2 Å². The zero-order valence-corrected chi connectivity index (χ0v) is 18.4. The molecular formula is C22H22F4N4O3. The van der Waals surface area contributed by atoms with Gasteiger partial charge in [-0.25, -0.2) is 9.37 Å². The van der Waals surface area contributed by atoms with Gasteiger partial charge in [0, 0.05) is 19.7 Å². The second-order valence-corrected chi connectivity index (χ2v) is 7.44. The summed E-state index contributed by atoms with van der Waals surface area (Å²) in [4.78, 5) is 18.2. The van der Waals surface area contributed by atoms with Crippen LogP contribution >= 0.6 is 0 Å². The van der Waals surface area contributed by atoms with Gasteiger partial charge in [0.2, 0.25) is 17.7 Å². The Morgan fingerprint density at radius 3 is 2.52 bits per heavy atom. The van der Waals surface area contributed by atoms with Crippen LogP contribution in [-0.2, 0) is 6.18 Å². The zero-order chi connectivity index (χ0) is 24.3. The number of aryl methyl sites for hydroxylation is 2. The molecule has 1 amide bonds. The van der Waals surface area contributed by atoms with Gasteiger partial charge in [0.25, 0.3) is 5.91 Å². The number of carbonyl (C=O) groups excluding carboxylic acids is 1. The Kier molecular flexibility index (Phi) is 6.99. The standard InChI is InChI=1S/C22H22F4N4O3/c1-5-30(13(3)11-32-20-18(23)9-15(10-27-20)22(24,25)26)21(31)16-7-6-12(2)8-17(16)19-29-28-14(4)33-19/h6-10,13H,5,11H2,1-4H3. The molecule has 3 rings (SSSR count). The van der Waals surface area contributed by atoms with E-state index in [1.165, 1.54) is 4.90 Å². The molecule has 7 nitrogen and oxygen atoms in total. The fraction of sp³-hybridized carbons (Fsp3) is 0.364. The minimum Gasteiger partial charge on any atom is -0.473 e. The van der Waals surface area contributed by atoms with Crippen molar-refractivity contribution >= 4 is 5.91 Å². The first-order valence-electron chi connectivity index (χ1n) is 10.1. The van der Waals surface area contributed by atoms with Crippen molar-refractivity contribution in [1.82, 2.24) is 20.1 Å². The van der Waals surface area contributed by atoms with Crippen LogP contribution in [0.5, 0.6) is 5.88 Å². The monoisotopic (exact) mass is 466 g/mol. The van der Waals surface area contributed by atoms with Crippen molar-refractivity contribution in [2.24, 2.45) is 0 Å². The SMILES string of the molecule is CCN(C(=O)c1ccc(C)cc1-c1nnc(C)o1)C(C)COc1ncc(C(F)(F)F)cc1F. The molecule has 0 fully saturated rings. The second-order valence-electron chi connectivity index (χ2n) is 7.44. The number of halogens is 4. The largest absolute Gasteiger partial charge is 0.473 e. The van der Waals surface area contributed by atoms with Crippen LogP contribution in [0.4, 0.5) is 17.6 Å². The third-order valence-corrected chi connectivity index (χ3v) is 4.89. The van der Waals surface area contributed by atoms with E-state index in [0.29, 0.717) is 35.8 Å². The topological polar surface area (TPSA) is 81.4 Å². The normalized spacial score (nSPS) is 12.5. The van der Waals surface area contributed by atoms with E-state index >= 15 is 0 Å². The van der Waals surface area contributed by atoms with Gasteiger partial charge in [0.1, 0.15) is 6.61 Å². The number of alkyl halides is 3. The van der Waals surface area contributed by atoms with Crippen LogP contribution in [0.2, 0.25) is 0 Å². The number of aromatic nitrogens is 3. The lowest BCUT2D eigenvalue weighted by atomic mass is 10.0. The van der Waals surface area contributed by atoms with E-state index in [4.69, 9.17) is 9.15 Å². The van der Waals surface area contributed by atoms with Crippen LogP contribution < -0.4 is 4.74 Å². The van der Waals surface area contributed by atoms with Crippen LogP contribution in [0.15, 0.2) is 34.9 Å². The van der Waals surface area contributed by atoms with Gasteiger partial charge in [-0.15, -0.1) is 10.2 Å². The number of likely N-dealkylation sites (N-methyl/N-ethyl adjacent to an activating group) is 1. The van der Waals surface area contributed by atoms with Gasteiger partial charge in [-0.05, 0) is 39.0 Å². The van der Waals surface area contributed by atoms with E-state index in [2.05, 4.69) is 15.2 Å². The number of nitrogens with zero attached hydrogens (tertiary/aromatic N) is 4. The van der Waals surface area contributed by atoms with Crippen LogP contribution in [0, 0.1) is 19.7 Å². The minimum atomic E-state index is -4.71. The minimum absolute atomic E-state index is 0.185. The second kappa shape index (κ2) is 9.55. The highest BCUT2D eigenvalue weighted by atomic mass is 19.4. The van der Waals surface area contributed by atoms with E-state index in [1.54, 1.807) is 39.0 Å². The molecule has 0 aliphatic rings. The number of pyridine rings is 1. The van der Waals surface area contributed by atoms with E-state index in [0.717, 1.165) is 5.56 Å². The average molecular weight is 466 g/mol. The Balaban J connectivity index is 1.79. The molecule has 0 aliphatic heterocycles. The van der Waals surface area contributed by atoms with Crippen molar-refractivity contribution in [3.63, 3.8) is 0 Å². The number of amides is 1. The van der Waals surface area contributed by atoms with Crippen LogP contribution in [-0.4, -0.2) is 45.2 Å². The molecule has 33 heavy (non-hydrogen) atoms. The maximum absolute atomic E-state index is 14.0. The Labute approximate surface area is 187 Å². The average Bonchev–Trinajstić information content (AvgIpc) is 3.18. The fourth-order valence-corrected chi connectivity index (χ4v) is 3.21. The van der Waals surface area contributed by atoms with Gasteiger partial charge < -0.3 is 14.1 Å². The summed E-state index contributed by atoms with van der Waals surface area (Å²) in [5.41, 5.74) is 0.481. The number of rotatable bonds is 7. The molecule has 0 N–H and O–H groups in total. The smallest absolute Gasteiger partial charge is 0.417 e. The summed E-state index contributed by atoms with van der Waals surface area (Å²) in [7, 11) is 0. The predicted octanol–water partition coefficient (Wildman–Crippen LogP) is 4.84. The van der Waals surface area contributed by atoms with Crippen molar-refractivity contribution in [1.29, 1.82) is 0 Å². The summed E-state index contributed by atoms with van der Waals surface area (Å²) in [6.07, 6.45) is -4.22. The molecule has 2 aromatic heterocycles. The van der Waals surface area contributed by atoms with Crippen molar-refractivity contribution < 1.29 is 31.5 Å². The van der Waals surface area contributed by atoms with Gasteiger partial charge in [-0.1, -0.05) is 11.6 Å². The van der Waals surface area contributed by atoms with Crippen LogP contribution in [0.25, 0.3) is 11.5 Å². The lowest BCUT2D eigenvalue weighted by Crippen LogP contribution is -2.42. The number of hydrogen-bond acceptors (Lipinski definition) is 6. The highest BCUT2D eigenvalue weighted by Crippen LogP contribution is 2.31. The molecule has 0 radical (unpaired) electrons. The third-order valence-electron chi connectivity index (χ3n) is 4.89. The molecule has 176 valence electrons. The lowest BCUT2D eigenvalue weighted by Gasteiger charge is -2.28. The van der Waals surface area contributed by atoms with Gasteiger partial charge in [-0.3, -0.25) is 4.79 Å². The van der Waals surface area contributed by atoms with Crippen molar-refractivity contribution in [3.8, 4) is 17.3 Å². The van der Waals surface area contributed by atoms with Gasteiger partial charge in [0.05, 0.1) is 22.7 Å². The molecule has 2 heterocycles. The maximum atomic E-state index is 14.0. The maximum Gasteiger partial charge on any atom is 0.417 e. The van der Waals surface area contributed by atoms with Crippen LogP contribution in [0.1, 0.15) is 41.2 Å². The highest BCUT2D eigenvalue weighted by Gasteiger charge is 2.32. The van der Waals surface area contributed by atoms with Gasteiger partial charge in [0.15, 0.2) is 5.82 Å². The summed E-state index contributed by atoms with van der Waals surface area (Å²) < 4.78 is 62.9. The summed E-state index contributed by atoms with van der Waals surface area (Å²) in [6, 6.07) is 4.96. The van der Waals surface area contributed by atoms with E-state index in [1.807, 2.05) is 6.92 Å². The summed E-state index contributed by atoms with van der Waals surface area (Å²) in [6.45, 7) is 7.04. The number of hydrogen-bond donors (Lipinski definition) is 0. The summed E-state index contributed by atoms with van der Waals surface area (Å²) >= 11 is 0. The highest BCUT2D eigenvalue weighted by molar-refractivity contribution is 6.00. The Morgan fingerprint density at radius 1 is 1.21 bits per heavy atom. The Hall–Kier alpha value is -3.50. The molecule has 1 unspecified atom stereocenters. The van der Waals surface area contributed by atoms with Crippen LogP contribution in [0.3, 0.4) is 0 Å². The fourth-order valence-electron chi connectivity index (χ4n) is 3.21. The molecule has 0 saturated carbocycles. The molecule has 0 spiro atoms. The molecule has 3 aromatic rings. The van der Waals surface area contributed by atoms with E-state index < -0.39 is 29.5 Å². The van der Waals surface area contributed by atoms with Gasteiger partial charge in [-0.2, -0.15) is 13.2 Å². The van der Waals surface area contributed by atoms with E-state index in [9.17, 15) is 22.4 Å². The summed E-state index contributed by atoms with van der Waals surface area (Å²) in [5.74, 6) is -1.60. The van der Waals surface area contributed by atoms with Crippen molar-refractivity contribution in [2.45, 2.75) is 39.9 Å². The zero-order valence-electron chi connectivity index (χ0n) is 18.4. The quantitative estimate of drug-likeness (QED) is 0.464. The first-order chi connectivity index (χ1) is 15.5. The number of benzene rings is 1. The third kappa shape index (κ3) is 5.47. The Bertz CT molecular complexity index is 1150. The molecule has 0 bridgehead atoms. The Morgan fingerprint density at radius 2 is 1.94 bits per heavy atom. The molecule has 1 aromatic carbocycles. The molecular weight excluding hydrogens is 444 g/mol.